The number of anilines is 1. The highest BCUT2D eigenvalue weighted by Crippen LogP contribution is 2.34. The second kappa shape index (κ2) is 7.28. The fourth-order valence-electron chi connectivity index (χ4n) is 2.28. The largest absolute Gasteiger partial charge is 0.467 e. The molecule has 1 aromatic heterocycles. The molecule has 26 heavy (non-hydrogen) atoms. The van der Waals surface area contributed by atoms with Crippen LogP contribution in [0.5, 0.6) is 5.88 Å². The lowest BCUT2D eigenvalue weighted by Crippen LogP contribution is -2.22. The van der Waals surface area contributed by atoms with Gasteiger partial charge in [0.25, 0.3) is 5.91 Å². The van der Waals surface area contributed by atoms with E-state index in [1.54, 1.807) is 18.2 Å². The molecule has 0 aliphatic carbocycles. The summed E-state index contributed by atoms with van der Waals surface area (Å²) in [5, 5.41) is 2.78. The van der Waals surface area contributed by atoms with Crippen molar-refractivity contribution in [3.8, 4) is 5.88 Å². The number of aromatic nitrogens is 2. The Morgan fingerprint density at radius 2 is 1.92 bits per heavy atom. The quantitative estimate of drug-likeness (QED) is 0.671. The van der Waals surface area contributed by atoms with Gasteiger partial charge in [-0.15, -0.1) is 0 Å². The highest BCUT2D eigenvalue weighted by Gasteiger charge is 2.33. The van der Waals surface area contributed by atoms with E-state index in [2.05, 4.69) is 31.2 Å². The highest BCUT2D eigenvalue weighted by atomic mass is 79.9. The summed E-state index contributed by atoms with van der Waals surface area (Å²) >= 11 is 3.32. The maximum absolute atomic E-state index is 13.0. The Bertz CT molecular complexity index is 963. The molecular weight excluding hydrogens is 415 g/mol. The Kier molecular flexibility index (Phi) is 5.08. The fraction of sp³-hybridized carbons (Fsp3) is 0.118. The van der Waals surface area contributed by atoms with Gasteiger partial charge in [0.2, 0.25) is 5.88 Å². The molecule has 0 radical (unpaired) electrons. The number of nitrogens with one attached hydrogen (secondary N) is 1. The van der Waals surface area contributed by atoms with Crippen molar-refractivity contribution in [2.24, 2.45) is 0 Å². The molecule has 0 fully saturated rings. The second-order valence-corrected chi connectivity index (χ2v) is 6.14. The van der Waals surface area contributed by atoms with E-state index in [0.717, 1.165) is 10.5 Å². The van der Waals surface area contributed by atoms with Gasteiger partial charge in [-0.05, 0) is 30.3 Å². The highest BCUT2D eigenvalue weighted by molar-refractivity contribution is 9.10. The number of hydrogen-bond acceptors (Lipinski definition) is 4. The molecule has 0 saturated carbocycles. The monoisotopic (exact) mass is 425 g/mol. The number of halogens is 4. The molecule has 9 heteroatoms. The summed E-state index contributed by atoms with van der Waals surface area (Å²) in [5.41, 5.74) is -0.644. The molecule has 0 spiro atoms. The van der Waals surface area contributed by atoms with Crippen molar-refractivity contribution >= 4 is 38.4 Å². The first-order valence-electron chi connectivity index (χ1n) is 7.34. The van der Waals surface area contributed by atoms with Crippen molar-refractivity contribution < 1.29 is 22.7 Å². The van der Waals surface area contributed by atoms with Gasteiger partial charge in [0.05, 0.1) is 22.2 Å². The first-order valence-corrected chi connectivity index (χ1v) is 8.13. The molecule has 1 heterocycles. The van der Waals surface area contributed by atoms with E-state index in [4.69, 9.17) is 4.74 Å². The van der Waals surface area contributed by atoms with Crippen LogP contribution in [0.3, 0.4) is 0 Å². The summed E-state index contributed by atoms with van der Waals surface area (Å²) in [7, 11) is 0. The van der Waals surface area contributed by atoms with Crippen molar-refractivity contribution in [3.05, 3.63) is 58.8 Å². The van der Waals surface area contributed by atoms with Crippen LogP contribution >= 0.6 is 15.9 Å². The molecule has 1 N–H and O–H groups in total. The van der Waals surface area contributed by atoms with Gasteiger partial charge in [-0.25, -0.2) is 9.97 Å². The van der Waals surface area contributed by atoms with Crippen LogP contribution in [0.1, 0.15) is 5.56 Å². The zero-order chi connectivity index (χ0) is 18.7. The van der Waals surface area contributed by atoms with Crippen LogP contribution in [0.4, 0.5) is 18.9 Å². The van der Waals surface area contributed by atoms with Crippen molar-refractivity contribution in [2.45, 2.75) is 6.18 Å². The number of benzene rings is 2. The van der Waals surface area contributed by atoms with Gasteiger partial charge in [-0.1, -0.05) is 28.1 Å². The van der Waals surface area contributed by atoms with Crippen LogP contribution in [-0.4, -0.2) is 22.5 Å². The maximum atomic E-state index is 13.0. The summed E-state index contributed by atoms with van der Waals surface area (Å²) in [6.45, 7) is -0.495. The number of amides is 1. The minimum atomic E-state index is -4.57. The van der Waals surface area contributed by atoms with E-state index in [-0.39, 0.29) is 11.6 Å². The molecule has 0 atom stereocenters. The lowest BCUT2D eigenvalue weighted by molar-refractivity contribution is -0.137. The summed E-state index contributed by atoms with van der Waals surface area (Å²) in [4.78, 5) is 20.1. The zero-order valence-electron chi connectivity index (χ0n) is 13.0. The zero-order valence-corrected chi connectivity index (χ0v) is 14.6. The molecule has 0 unspecified atom stereocenters. The van der Waals surface area contributed by atoms with Gasteiger partial charge >= 0.3 is 6.18 Å². The summed E-state index contributed by atoms with van der Waals surface area (Å²) in [6, 6.07) is 9.99. The van der Waals surface area contributed by atoms with Gasteiger partial charge in [0.15, 0.2) is 6.61 Å². The van der Waals surface area contributed by atoms with Crippen LogP contribution < -0.4 is 10.1 Å². The van der Waals surface area contributed by atoms with Crippen molar-refractivity contribution in [1.82, 2.24) is 9.97 Å². The number of fused-ring (bicyclic) bond motifs is 1. The summed E-state index contributed by atoms with van der Waals surface area (Å²) < 4.78 is 45.0. The van der Waals surface area contributed by atoms with Gasteiger partial charge in [0, 0.05) is 4.47 Å². The van der Waals surface area contributed by atoms with E-state index in [1.807, 2.05) is 0 Å². The average Bonchev–Trinajstić information content (AvgIpc) is 2.59. The molecule has 0 aliphatic rings. The topological polar surface area (TPSA) is 64.1 Å². The van der Waals surface area contributed by atoms with Crippen LogP contribution in [-0.2, 0) is 11.0 Å². The Morgan fingerprint density at radius 3 is 2.69 bits per heavy atom. The third-order valence-corrected chi connectivity index (χ3v) is 3.90. The van der Waals surface area contributed by atoms with Gasteiger partial charge < -0.3 is 10.1 Å². The number of rotatable bonds is 4. The second-order valence-electron chi connectivity index (χ2n) is 5.22. The third kappa shape index (κ3) is 4.10. The molecule has 3 aromatic rings. The normalized spacial score (nSPS) is 11.4. The average molecular weight is 426 g/mol. The Labute approximate surface area is 154 Å². The molecule has 3 rings (SSSR count). The molecule has 5 nitrogen and oxygen atoms in total. The van der Waals surface area contributed by atoms with E-state index in [1.165, 1.54) is 24.5 Å². The molecule has 0 saturated heterocycles. The first kappa shape index (κ1) is 18.1. The predicted molar refractivity (Wildman–Crippen MR) is 92.8 cm³/mol. The van der Waals surface area contributed by atoms with Crippen LogP contribution in [0.25, 0.3) is 10.9 Å². The van der Waals surface area contributed by atoms with E-state index < -0.39 is 24.3 Å². The number of carbonyl (C=O) groups is 1. The van der Waals surface area contributed by atoms with Crippen molar-refractivity contribution in [1.29, 1.82) is 0 Å². The Morgan fingerprint density at radius 1 is 1.15 bits per heavy atom. The van der Waals surface area contributed by atoms with Crippen molar-refractivity contribution in [3.63, 3.8) is 0 Å². The summed E-state index contributed by atoms with van der Waals surface area (Å²) in [6.07, 6.45) is -3.29. The van der Waals surface area contributed by atoms with Crippen LogP contribution in [0, 0.1) is 0 Å². The van der Waals surface area contributed by atoms with Crippen LogP contribution in [0.15, 0.2) is 53.3 Å². The minimum Gasteiger partial charge on any atom is -0.467 e. The van der Waals surface area contributed by atoms with Gasteiger partial charge in [-0.2, -0.15) is 13.2 Å². The lowest BCUT2D eigenvalue weighted by Gasteiger charge is -2.14. The standard InChI is InChI=1S/C17H11BrF3N3O2/c18-10-5-6-13-11(7-10)16(23-9-22-13)26-8-15(25)24-14-4-2-1-3-12(14)17(19,20)21/h1-7,9H,8H2,(H,24,25). The van der Waals surface area contributed by atoms with Crippen molar-refractivity contribution in [2.75, 3.05) is 11.9 Å². The first-order chi connectivity index (χ1) is 12.3. The van der Waals surface area contributed by atoms with E-state index >= 15 is 0 Å². The van der Waals surface area contributed by atoms with E-state index in [0.29, 0.717) is 10.9 Å². The number of para-hydroxylation sites is 1. The van der Waals surface area contributed by atoms with E-state index in [9.17, 15) is 18.0 Å². The predicted octanol–water partition coefficient (Wildman–Crippen LogP) is 4.43. The molecule has 1 amide bonds. The van der Waals surface area contributed by atoms with Crippen LogP contribution in [0.2, 0.25) is 0 Å². The fourth-order valence-corrected chi connectivity index (χ4v) is 2.64. The molecule has 2 aromatic carbocycles. The SMILES string of the molecule is O=C(COc1ncnc2ccc(Br)cc12)Nc1ccccc1C(F)(F)F. The van der Waals surface area contributed by atoms with Gasteiger partial charge in [0.1, 0.15) is 6.33 Å². The number of carbonyl (C=O) groups excluding carboxylic acids is 1. The number of hydrogen-bond donors (Lipinski definition) is 1. The number of alkyl halides is 3. The summed E-state index contributed by atoms with van der Waals surface area (Å²) in [5.74, 6) is -0.570. The Balaban J connectivity index is 1.74. The maximum Gasteiger partial charge on any atom is 0.418 e. The molecule has 0 bridgehead atoms. The molecule has 134 valence electrons. The smallest absolute Gasteiger partial charge is 0.418 e. The third-order valence-electron chi connectivity index (χ3n) is 3.41. The minimum absolute atomic E-state index is 0.163. The lowest BCUT2D eigenvalue weighted by atomic mass is 10.1. The Hall–Kier alpha value is -2.68. The van der Waals surface area contributed by atoms with Gasteiger partial charge in [-0.3, -0.25) is 4.79 Å². The molecule has 0 aliphatic heterocycles. The molecular formula is C17H11BrF3N3O2. The number of ether oxygens (including phenoxy) is 1. The number of nitrogens with zero attached hydrogens (tertiary/aromatic N) is 2.